The molecular formula is C18H18N6S2. The van der Waals surface area contributed by atoms with Gasteiger partial charge in [-0.3, -0.25) is 9.99 Å². The maximum absolute atomic E-state index is 4.42. The maximum Gasteiger partial charge on any atom is 0.193 e. The Morgan fingerprint density at radius 2 is 2.00 bits per heavy atom. The number of anilines is 1. The molecule has 0 aliphatic carbocycles. The number of nitrogens with one attached hydrogen (secondary N) is 1. The van der Waals surface area contributed by atoms with Crippen molar-refractivity contribution in [3.8, 4) is 5.13 Å². The fourth-order valence-electron chi connectivity index (χ4n) is 2.97. The number of fused-ring (bicyclic) bond motifs is 1. The fourth-order valence-corrected chi connectivity index (χ4v) is 4.72. The summed E-state index contributed by atoms with van der Waals surface area (Å²) in [7, 11) is 0. The first-order valence-electron chi connectivity index (χ1n) is 8.15. The Balaban J connectivity index is 1.64. The number of thiophene rings is 1. The molecule has 6 nitrogen and oxygen atoms in total. The summed E-state index contributed by atoms with van der Waals surface area (Å²) in [5.41, 5.74) is 7.57. The van der Waals surface area contributed by atoms with E-state index in [0.29, 0.717) is 0 Å². The van der Waals surface area contributed by atoms with Crippen molar-refractivity contribution in [3.63, 3.8) is 0 Å². The lowest BCUT2D eigenvalue weighted by molar-refractivity contribution is 0.949. The van der Waals surface area contributed by atoms with Crippen molar-refractivity contribution >= 4 is 44.9 Å². The summed E-state index contributed by atoms with van der Waals surface area (Å²) < 4.78 is 2.14. The highest BCUT2D eigenvalue weighted by molar-refractivity contribution is 7.18. The van der Waals surface area contributed by atoms with Crippen LogP contribution in [0.3, 0.4) is 0 Å². The second-order valence-corrected chi connectivity index (χ2v) is 8.11. The molecule has 132 valence electrons. The van der Waals surface area contributed by atoms with Gasteiger partial charge in [-0.05, 0) is 39.3 Å². The van der Waals surface area contributed by atoms with E-state index >= 15 is 0 Å². The van der Waals surface area contributed by atoms with Gasteiger partial charge in [0.2, 0.25) is 0 Å². The molecule has 26 heavy (non-hydrogen) atoms. The zero-order chi connectivity index (χ0) is 18.3. The Bertz CT molecular complexity index is 1100. The molecule has 4 rings (SSSR count). The lowest BCUT2D eigenvalue weighted by atomic mass is 10.2. The molecule has 0 aliphatic heterocycles. The van der Waals surface area contributed by atoms with Crippen molar-refractivity contribution < 1.29 is 0 Å². The van der Waals surface area contributed by atoms with Gasteiger partial charge in [-0.2, -0.15) is 5.10 Å². The molecule has 0 atom stereocenters. The predicted octanol–water partition coefficient (Wildman–Crippen LogP) is 4.62. The maximum atomic E-state index is 4.42. The molecule has 0 unspecified atom stereocenters. The monoisotopic (exact) mass is 382 g/mol. The SMILES string of the molecule is Cc1sc2ncnc(N/N=C\c3cc(C)n(-c4nccs4)c3C)c2c1C. The van der Waals surface area contributed by atoms with Crippen LogP contribution in [-0.2, 0) is 0 Å². The third-order valence-corrected chi connectivity index (χ3v) is 6.29. The molecule has 0 aromatic carbocycles. The van der Waals surface area contributed by atoms with Crippen molar-refractivity contribution in [2.75, 3.05) is 5.43 Å². The smallest absolute Gasteiger partial charge is 0.193 e. The van der Waals surface area contributed by atoms with E-state index in [4.69, 9.17) is 0 Å². The van der Waals surface area contributed by atoms with Gasteiger partial charge in [0.15, 0.2) is 10.9 Å². The lowest BCUT2D eigenvalue weighted by Crippen LogP contribution is -1.99. The Kier molecular flexibility index (Phi) is 4.29. The van der Waals surface area contributed by atoms with E-state index in [0.717, 1.165) is 38.1 Å². The van der Waals surface area contributed by atoms with Gasteiger partial charge in [0.25, 0.3) is 0 Å². The number of hydrogen-bond acceptors (Lipinski definition) is 7. The molecule has 0 radical (unpaired) electrons. The van der Waals surface area contributed by atoms with Gasteiger partial charge in [-0.15, -0.1) is 22.7 Å². The average Bonchev–Trinajstić information content (AvgIpc) is 3.29. The molecule has 0 saturated carbocycles. The van der Waals surface area contributed by atoms with E-state index in [1.54, 1.807) is 29.0 Å². The van der Waals surface area contributed by atoms with Crippen molar-refractivity contribution in [2.24, 2.45) is 5.10 Å². The first-order chi connectivity index (χ1) is 12.6. The Labute approximate surface area is 159 Å². The molecule has 1 N–H and O–H groups in total. The molecular weight excluding hydrogens is 364 g/mol. The molecule has 0 amide bonds. The van der Waals surface area contributed by atoms with Crippen LogP contribution < -0.4 is 5.43 Å². The predicted molar refractivity (Wildman–Crippen MR) is 109 cm³/mol. The highest BCUT2D eigenvalue weighted by Gasteiger charge is 2.12. The van der Waals surface area contributed by atoms with Crippen molar-refractivity contribution in [1.29, 1.82) is 0 Å². The van der Waals surface area contributed by atoms with Crippen LogP contribution in [0.25, 0.3) is 15.3 Å². The van der Waals surface area contributed by atoms with Gasteiger partial charge in [0.05, 0.1) is 11.6 Å². The van der Waals surface area contributed by atoms with E-state index in [-0.39, 0.29) is 0 Å². The zero-order valence-corrected chi connectivity index (χ0v) is 16.6. The normalized spacial score (nSPS) is 11.7. The molecule has 4 aromatic heterocycles. The Morgan fingerprint density at radius 1 is 1.15 bits per heavy atom. The van der Waals surface area contributed by atoms with E-state index in [1.165, 1.54) is 10.4 Å². The fraction of sp³-hybridized carbons (Fsp3) is 0.222. The number of nitrogens with zero attached hydrogens (tertiary/aromatic N) is 5. The lowest BCUT2D eigenvalue weighted by Gasteiger charge is -2.04. The summed E-state index contributed by atoms with van der Waals surface area (Å²) in [5.74, 6) is 0.738. The van der Waals surface area contributed by atoms with Gasteiger partial charge in [0, 0.05) is 33.4 Å². The standard InChI is InChI=1S/C18H18N6S2/c1-10-7-14(12(3)24(10)18-19-5-6-25-18)8-22-23-16-15-11(2)13(4)26-17(15)21-9-20-16/h5-9H,1-4H3,(H,20,21,23)/b22-8-. The summed E-state index contributed by atoms with van der Waals surface area (Å²) in [6, 6.07) is 2.11. The van der Waals surface area contributed by atoms with Crippen LogP contribution in [0.15, 0.2) is 29.1 Å². The Hall–Kier alpha value is -2.58. The molecule has 0 saturated heterocycles. The highest BCUT2D eigenvalue weighted by Crippen LogP contribution is 2.32. The van der Waals surface area contributed by atoms with E-state index < -0.39 is 0 Å². The summed E-state index contributed by atoms with van der Waals surface area (Å²) >= 11 is 3.30. The largest absolute Gasteiger partial charge is 0.294 e. The third kappa shape index (κ3) is 2.81. The molecule has 4 aromatic rings. The minimum absolute atomic E-state index is 0.738. The zero-order valence-electron chi connectivity index (χ0n) is 14.9. The number of thiazole rings is 1. The van der Waals surface area contributed by atoms with Crippen LogP contribution in [0, 0.1) is 27.7 Å². The van der Waals surface area contributed by atoms with Gasteiger partial charge < -0.3 is 0 Å². The van der Waals surface area contributed by atoms with Gasteiger partial charge in [-0.25, -0.2) is 15.0 Å². The first kappa shape index (κ1) is 16.9. The first-order valence-corrected chi connectivity index (χ1v) is 9.84. The van der Waals surface area contributed by atoms with Gasteiger partial charge in [-0.1, -0.05) is 0 Å². The van der Waals surface area contributed by atoms with Crippen LogP contribution in [0.5, 0.6) is 0 Å². The quantitative estimate of drug-likeness (QED) is 0.413. The summed E-state index contributed by atoms with van der Waals surface area (Å²) in [6.07, 6.45) is 5.22. The van der Waals surface area contributed by atoms with Crippen LogP contribution in [0.2, 0.25) is 0 Å². The summed E-state index contributed by atoms with van der Waals surface area (Å²) in [4.78, 5) is 15.3. The highest BCUT2D eigenvalue weighted by atomic mass is 32.1. The summed E-state index contributed by atoms with van der Waals surface area (Å²) in [6.45, 7) is 8.34. The van der Waals surface area contributed by atoms with E-state index in [9.17, 15) is 0 Å². The average molecular weight is 383 g/mol. The second-order valence-electron chi connectivity index (χ2n) is 6.03. The molecule has 8 heteroatoms. The van der Waals surface area contributed by atoms with E-state index in [2.05, 4.69) is 63.8 Å². The molecule has 0 fully saturated rings. The van der Waals surface area contributed by atoms with Crippen LogP contribution >= 0.6 is 22.7 Å². The Morgan fingerprint density at radius 3 is 2.77 bits per heavy atom. The topological polar surface area (TPSA) is 68.0 Å². The number of hydrazone groups is 1. The molecule has 0 aliphatic rings. The molecule has 0 bridgehead atoms. The minimum Gasteiger partial charge on any atom is -0.294 e. The van der Waals surface area contributed by atoms with Gasteiger partial charge >= 0.3 is 0 Å². The van der Waals surface area contributed by atoms with Crippen LogP contribution in [-0.4, -0.2) is 25.7 Å². The number of hydrogen-bond donors (Lipinski definition) is 1. The molecule has 4 heterocycles. The van der Waals surface area contributed by atoms with Crippen LogP contribution in [0.4, 0.5) is 5.82 Å². The number of aryl methyl sites for hydroxylation is 3. The number of rotatable bonds is 4. The third-order valence-electron chi connectivity index (χ3n) is 4.42. The van der Waals surface area contributed by atoms with Crippen molar-refractivity contribution in [2.45, 2.75) is 27.7 Å². The van der Waals surface area contributed by atoms with Crippen molar-refractivity contribution in [1.82, 2.24) is 19.5 Å². The number of aromatic nitrogens is 4. The van der Waals surface area contributed by atoms with Crippen molar-refractivity contribution in [3.05, 3.63) is 51.4 Å². The van der Waals surface area contributed by atoms with Crippen LogP contribution in [0.1, 0.15) is 27.4 Å². The summed E-state index contributed by atoms with van der Waals surface area (Å²) in [5, 5.41) is 8.41. The van der Waals surface area contributed by atoms with Gasteiger partial charge in [0.1, 0.15) is 11.2 Å². The van der Waals surface area contributed by atoms with E-state index in [1.807, 2.05) is 17.8 Å². The second kappa shape index (κ2) is 6.62. The minimum atomic E-state index is 0.738. The molecule has 0 spiro atoms.